The molecule has 21 heavy (non-hydrogen) atoms. The van der Waals surface area contributed by atoms with E-state index in [9.17, 15) is 12.8 Å². The molecular weight excluding hydrogens is 297 g/mol. The minimum absolute atomic E-state index is 0.0111. The minimum atomic E-state index is -3.67. The van der Waals surface area contributed by atoms with Gasteiger partial charge in [-0.2, -0.15) is 4.31 Å². The van der Waals surface area contributed by atoms with E-state index in [0.717, 1.165) is 18.7 Å². The Kier molecular flexibility index (Phi) is 5.15. The van der Waals surface area contributed by atoms with Gasteiger partial charge in [-0.1, -0.05) is 0 Å². The molecule has 0 unspecified atom stereocenters. The third kappa shape index (κ3) is 3.70. The number of nitrogens with zero attached hydrogens (tertiary/aromatic N) is 2. The Morgan fingerprint density at radius 3 is 2.67 bits per heavy atom. The van der Waals surface area contributed by atoms with E-state index in [1.54, 1.807) is 0 Å². The number of benzene rings is 1. The summed E-state index contributed by atoms with van der Waals surface area (Å²) in [7, 11) is -3.67. The number of nitrogen functional groups attached to an aromatic ring is 1. The van der Waals surface area contributed by atoms with E-state index >= 15 is 0 Å². The van der Waals surface area contributed by atoms with Crippen molar-refractivity contribution in [2.45, 2.75) is 11.3 Å². The highest BCUT2D eigenvalue weighted by molar-refractivity contribution is 7.89. The summed E-state index contributed by atoms with van der Waals surface area (Å²) in [5.41, 5.74) is 5.27. The van der Waals surface area contributed by atoms with Gasteiger partial charge in [0.2, 0.25) is 10.0 Å². The van der Waals surface area contributed by atoms with E-state index in [4.69, 9.17) is 10.8 Å². The summed E-state index contributed by atoms with van der Waals surface area (Å²) in [6.07, 6.45) is 0.690. The van der Waals surface area contributed by atoms with Crippen LogP contribution in [0.15, 0.2) is 23.1 Å². The molecule has 0 aliphatic carbocycles. The summed E-state index contributed by atoms with van der Waals surface area (Å²) >= 11 is 0. The maximum atomic E-state index is 13.2. The Bertz CT molecular complexity index is 594. The summed E-state index contributed by atoms with van der Waals surface area (Å²) in [5, 5.41) is 8.95. The van der Waals surface area contributed by atoms with E-state index in [2.05, 4.69) is 0 Å². The van der Waals surface area contributed by atoms with Crippen molar-refractivity contribution in [3.63, 3.8) is 0 Å². The molecule has 0 atom stereocenters. The molecular formula is C13H20FN3O3S. The molecule has 1 aromatic rings. The van der Waals surface area contributed by atoms with Crippen molar-refractivity contribution in [2.75, 3.05) is 45.1 Å². The van der Waals surface area contributed by atoms with E-state index in [1.807, 2.05) is 4.90 Å². The number of hydrogen-bond donors (Lipinski definition) is 2. The first-order valence-corrected chi connectivity index (χ1v) is 8.27. The first kappa shape index (κ1) is 16.2. The van der Waals surface area contributed by atoms with Crippen molar-refractivity contribution >= 4 is 15.7 Å². The highest BCUT2D eigenvalue weighted by atomic mass is 32.2. The van der Waals surface area contributed by atoms with Crippen LogP contribution in [0.4, 0.5) is 10.1 Å². The zero-order valence-electron chi connectivity index (χ0n) is 11.7. The smallest absolute Gasteiger partial charge is 0.243 e. The number of sulfonamides is 1. The molecule has 1 aliphatic heterocycles. The Hall–Kier alpha value is -1.22. The fourth-order valence-corrected chi connectivity index (χ4v) is 3.89. The maximum Gasteiger partial charge on any atom is 0.243 e. The highest BCUT2D eigenvalue weighted by Gasteiger charge is 2.27. The summed E-state index contributed by atoms with van der Waals surface area (Å²) in [5.74, 6) is -0.626. The molecule has 3 N–H and O–H groups in total. The molecule has 1 heterocycles. The number of aliphatic hydroxyl groups excluding tert-OH is 1. The zero-order chi connectivity index (χ0) is 15.5. The van der Waals surface area contributed by atoms with Gasteiger partial charge in [-0.25, -0.2) is 12.8 Å². The molecule has 8 heteroatoms. The summed E-state index contributed by atoms with van der Waals surface area (Å²) in [6, 6.07) is 3.45. The van der Waals surface area contributed by atoms with Gasteiger partial charge in [0.1, 0.15) is 5.82 Å². The van der Waals surface area contributed by atoms with Gasteiger partial charge >= 0.3 is 0 Å². The number of halogens is 1. The molecule has 1 saturated heterocycles. The van der Waals surface area contributed by atoms with Gasteiger partial charge in [0, 0.05) is 26.2 Å². The number of nitrogens with two attached hydrogens (primary N) is 1. The fraction of sp³-hybridized carbons (Fsp3) is 0.538. The van der Waals surface area contributed by atoms with Crippen molar-refractivity contribution in [1.82, 2.24) is 9.21 Å². The molecule has 0 spiro atoms. The van der Waals surface area contributed by atoms with Gasteiger partial charge < -0.3 is 10.8 Å². The van der Waals surface area contributed by atoms with Gasteiger partial charge in [-0.15, -0.1) is 0 Å². The van der Waals surface area contributed by atoms with Crippen LogP contribution in [0, 0.1) is 5.82 Å². The molecule has 0 saturated carbocycles. The molecule has 0 radical (unpaired) electrons. The van der Waals surface area contributed by atoms with Crippen molar-refractivity contribution in [3.8, 4) is 0 Å². The van der Waals surface area contributed by atoms with Crippen LogP contribution in [0.5, 0.6) is 0 Å². The third-order valence-corrected chi connectivity index (χ3v) is 5.46. The lowest BCUT2D eigenvalue weighted by molar-refractivity contribution is 0.202. The largest absolute Gasteiger partial charge is 0.396 e. The van der Waals surface area contributed by atoms with Crippen LogP contribution in [0.2, 0.25) is 0 Å². The lowest BCUT2D eigenvalue weighted by Crippen LogP contribution is -2.36. The average molecular weight is 317 g/mol. The van der Waals surface area contributed by atoms with Crippen LogP contribution in [-0.4, -0.2) is 62.1 Å². The second kappa shape index (κ2) is 6.69. The number of hydrogen-bond acceptors (Lipinski definition) is 5. The second-order valence-corrected chi connectivity index (χ2v) is 6.94. The van der Waals surface area contributed by atoms with Crippen LogP contribution < -0.4 is 5.73 Å². The van der Waals surface area contributed by atoms with E-state index < -0.39 is 15.8 Å². The Labute approximate surface area is 124 Å². The van der Waals surface area contributed by atoms with Gasteiger partial charge in [0.15, 0.2) is 0 Å². The van der Waals surface area contributed by atoms with Gasteiger partial charge in [-0.3, -0.25) is 4.90 Å². The van der Waals surface area contributed by atoms with Gasteiger partial charge in [0.25, 0.3) is 0 Å². The Morgan fingerprint density at radius 2 is 2.00 bits per heavy atom. The normalized spacial score (nSPS) is 18.6. The maximum absolute atomic E-state index is 13.2. The van der Waals surface area contributed by atoms with Crippen LogP contribution in [0.3, 0.4) is 0 Å². The number of aliphatic hydroxyl groups is 1. The quantitative estimate of drug-likeness (QED) is 0.769. The van der Waals surface area contributed by atoms with E-state index in [1.165, 1.54) is 10.4 Å². The van der Waals surface area contributed by atoms with Crippen molar-refractivity contribution in [3.05, 3.63) is 24.0 Å². The van der Waals surface area contributed by atoms with Crippen molar-refractivity contribution < 1.29 is 17.9 Å². The van der Waals surface area contributed by atoms with Crippen molar-refractivity contribution in [1.29, 1.82) is 0 Å². The van der Waals surface area contributed by atoms with E-state index in [0.29, 0.717) is 32.6 Å². The predicted molar refractivity (Wildman–Crippen MR) is 77.7 cm³/mol. The molecule has 118 valence electrons. The lowest BCUT2D eigenvalue weighted by atomic mass is 10.3. The average Bonchev–Trinajstić information content (AvgIpc) is 2.68. The molecule has 0 aromatic heterocycles. The topological polar surface area (TPSA) is 86.9 Å². The Balaban J connectivity index is 2.17. The second-order valence-electron chi connectivity index (χ2n) is 5.01. The molecule has 1 fully saturated rings. The molecule has 0 amide bonds. The number of β-amino-alcohol motifs (C(OH)–C–C–N with tert-alkyl or cyclic N) is 1. The van der Waals surface area contributed by atoms with Crippen LogP contribution in [0.1, 0.15) is 6.42 Å². The van der Waals surface area contributed by atoms with E-state index in [-0.39, 0.29) is 17.2 Å². The molecule has 6 nitrogen and oxygen atoms in total. The molecule has 1 aliphatic rings. The first-order valence-electron chi connectivity index (χ1n) is 6.83. The predicted octanol–water partition coefficient (Wildman–Crippen LogP) is 0.0966. The zero-order valence-corrected chi connectivity index (χ0v) is 12.5. The fourth-order valence-electron chi connectivity index (χ4n) is 2.38. The van der Waals surface area contributed by atoms with Crippen LogP contribution in [0.25, 0.3) is 0 Å². The van der Waals surface area contributed by atoms with Gasteiger partial charge in [0.05, 0.1) is 17.2 Å². The SMILES string of the molecule is Nc1cc(S(=O)(=O)N2CCCN(CCO)CC2)ccc1F. The standard InChI is InChI=1S/C13H20FN3O3S/c14-12-3-2-11(10-13(12)15)21(19,20)17-5-1-4-16(6-7-17)8-9-18/h2-3,10,18H,1,4-9,15H2. The highest BCUT2D eigenvalue weighted by Crippen LogP contribution is 2.21. The lowest BCUT2D eigenvalue weighted by Gasteiger charge is -2.21. The van der Waals surface area contributed by atoms with Crippen LogP contribution >= 0.6 is 0 Å². The molecule has 1 aromatic carbocycles. The first-order chi connectivity index (χ1) is 9.95. The summed E-state index contributed by atoms with van der Waals surface area (Å²) < 4.78 is 39.6. The number of rotatable bonds is 4. The van der Waals surface area contributed by atoms with Crippen molar-refractivity contribution in [2.24, 2.45) is 0 Å². The molecule has 2 rings (SSSR count). The third-order valence-electron chi connectivity index (χ3n) is 3.57. The molecule has 0 bridgehead atoms. The number of anilines is 1. The minimum Gasteiger partial charge on any atom is -0.396 e. The summed E-state index contributed by atoms with van der Waals surface area (Å²) in [6.45, 7) is 2.66. The van der Waals surface area contributed by atoms with Gasteiger partial charge in [-0.05, 0) is 31.2 Å². The monoisotopic (exact) mass is 317 g/mol. The van der Waals surface area contributed by atoms with Crippen LogP contribution in [-0.2, 0) is 10.0 Å². The summed E-state index contributed by atoms with van der Waals surface area (Å²) in [4.78, 5) is 2.03. The Morgan fingerprint density at radius 1 is 1.24 bits per heavy atom.